The van der Waals surface area contributed by atoms with E-state index in [1.165, 1.54) is 0 Å². The molecule has 0 aliphatic carbocycles. The summed E-state index contributed by atoms with van der Waals surface area (Å²) in [5.74, 6) is 0.0673. The van der Waals surface area contributed by atoms with Crippen LogP contribution in [-0.4, -0.2) is 10.8 Å². The maximum Gasteiger partial charge on any atom is 0.160 e. The fourth-order valence-electron chi connectivity index (χ4n) is 3.30. The van der Waals surface area contributed by atoms with Crippen LogP contribution < -0.4 is 0 Å². The summed E-state index contributed by atoms with van der Waals surface area (Å²) in [5.41, 5.74) is 7.07. The fourth-order valence-corrected chi connectivity index (χ4v) is 3.30. The lowest BCUT2D eigenvalue weighted by atomic mass is 9.99. The van der Waals surface area contributed by atoms with Gasteiger partial charge in [-0.1, -0.05) is 84.9 Å². The molecular weight excluding hydrogens is 318 g/mol. The molecule has 0 aliphatic heterocycles. The van der Waals surface area contributed by atoms with Gasteiger partial charge in [0.15, 0.2) is 5.78 Å². The third-order valence-electron chi connectivity index (χ3n) is 4.56. The van der Waals surface area contributed by atoms with Crippen LogP contribution in [-0.2, 0) is 0 Å². The van der Waals surface area contributed by atoms with Crippen LogP contribution in [0.4, 0.5) is 0 Å². The summed E-state index contributed by atoms with van der Waals surface area (Å²) in [4.78, 5) is 15.6. The van der Waals surface area contributed by atoms with Crippen molar-refractivity contribution in [1.82, 2.24) is 4.98 Å². The molecule has 0 saturated carbocycles. The lowest BCUT2D eigenvalue weighted by Crippen LogP contribution is -1.95. The molecule has 126 valence electrons. The monoisotopic (exact) mass is 337 g/mol. The van der Waals surface area contributed by atoms with E-state index < -0.39 is 0 Å². The first kappa shape index (κ1) is 16.1. The van der Waals surface area contributed by atoms with Gasteiger partial charge in [0.2, 0.25) is 0 Å². The Kier molecular flexibility index (Phi) is 4.24. The Bertz CT molecular complexity index is 989. The molecule has 0 unspecified atom stereocenters. The van der Waals surface area contributed by atoms with Crippen molar-refractivity contribution in [2.75, 3.05) is 0 Å². The molecule has 0 atom stereocenters. The van der Waals surface area contributed by atoms with E-state index in [2.05, 4.69) is 35.3 Å². The second-order valence-electron chi connectivity index (χ2n) is 6.31. The van der Waals surface area contributed by atoms with Gasteiger partial charge in [-0.2, -0.15) is 0 Å². The van der Waals surface area contributed by atoms with E-state index in [1.807, 2.05) is 60.7 Å². The molecule has 4 rings (SSSR count). The maximum atomic E-state index is 12.1. The number of carbonyl (C=O) groups excluding carboxylic acids is 1. The highest BCUT2D eigenvalue weighted by atomic mass is 16.1. The van der Waals surface area contributed by atoms with Gasteiger partial charge in [0.1, 0.15) is 0 Å². The van der Waals surface area contributed by atoms with E-state index in [9.17, 15) is 4.79 Å². The molecule has 3 aromatic carbocycles. The summed E-state index contributed by atoms with van der Waals surface area (Å²) >= 11 is 0. The Morgan fingerprint density at radius 3 is 1.92 bits per heavy atom. The van der Waals surface area contributed by atoms with E-state index in [0.29, 0.717) is 0 Å². The number of ketones is 1. The third kappa shape index (κ3) is 2.98. The normalized spacial score (nSPS) is 10.7. The van der Waals surface area contributed by atoms with Gasteiger partial charge in [-0.05, 0) is 24.1 Å². The standard InChI is InChI=1S/C24H19NO/c1-17(26)20-14-8-9-15-21(20)23-16-22(18-10-4-2-5-11-18)24(25-23)19-12-6-3-7-13-19/h2-16,25H,1H3. The number of aromatic nitrogens is 1. The number of carbonyl (C=O) groups is 1. The van der Waals surface area contributed by atoms with E-state index in [1.54, 1.807) is 6.92 Å². The lowest BCUT2D eigenvalue weighted by molar-refractivity contribution is 0.101. The van der Waals surface area contributed by atoms with Crippen molar-refractivity contribution in [2.24, 2.45) is 0 Å². The van der Waals surface area contributed by atoms with E-state index in [4.69, 9.17) is 0 Å². The van der Waals surface area contributed by atoms with E-state index >= 15 is 0 Å². The van der Waals surface area contributed by atoms with E-state index in [0.717, 1.165) is 39.2 Å². The smallest absolute Gasteiger partial charge is 0.160 e. The summed E-state index contributed by atoms with van der Waals surface area (Å²) < 4.78 is 0. The van der Waals surface area contributed by atoms with Crippen molar-refractivity contribution in [3.8, 4) is 33.6 Å². The Hall–Kier alpha value is -3.39. The number of H-pyrrole nitrogens is 1. The van der Waals surface area contributed by atoms with Crippen molar-refractivity contribution in [3.05, 3.63) is 96.6 Å². The summed E-state index contributed by atoms with van der Waals surface area (Å²) in [5, 5.41) is 0. The number of Topliss-reactive ketones (excluding diaryl/α,β-unsaturated/α-hetero) is 1. The van der Waals surface area contributed by atoms with Crippen LogP contribution in [0.2, 0.25) is 0 Å². The predicted octanol–water partition coefficient (Wildman–Crippen LogP) is 6.22. The van der Waals surface area contributed by atoms with Crippen LogP contribution in [0.15, 0.2) is 91.0 Å². The van der Waals surface area contributed by atoms with Crippen LogP contribution >= 0.6 is 0 Å². The number of benzene rings is 3. The average Bonchev–Trinajstić information content (AvgIpc) is 3.15. The zero-order valence-electron chi connectivity index (χ0n) is 14.6. The molecule has 0 spiro atoms. The molecule has 1 aromatic heterocycles. The molecule has 26 heavy (non-hydrogen) atoms. The zero-order valence-corrected chi connectivity index (χ0v) is 14.6. The molecule has 4 aromatic rings. The first-order valence-corrected chi connectivity index (χ1v) is 8.68. The van der Waals surface area contributed by atoms with E-state index in [-0.39, 0.29) is 5.78 Å². The summed E-state index contributed by atoms with van der Waals surface area (Å²) in [6.45, 7) is 1.61. The Morgan fingerprint density at radius 1 is 0.692 bits per heavy atom. The largest absolute Gasteiger partial charge is 0.354 e. The minimum absolute atomic E-state index is 0.0673. The molecule has 1 heterocycles. The highest BCUT2D eigenvalue weighted by Gasteiger charge is 2.16. The molecule has 0 aliphatic rings. The number of rotatable bonds is 4. The SMILES string of the molecule is CC(=O)c1ccccc1-c1cc(-c2ccccc2)c(-c2ccccc2)[nH]1. The van der Waals surface area contributed by atoms with Crippen molar-refractivity contribution in [2.45, 2.75) is 6.92 Å². The quantitative estimate of drug-likeness (QED) is 0.441. The van der Waals surface area contributed by atoms with Gasteiger partial charge in [-0.15, -0.1) is 0 Å². The van der Waals surface area contributed by atoms with Gasteiger partial charge in [-0.25, -0.2) is 0 Å². The first-order chi connectivity index (χ1) is 12.7. The van der Waals surface area contributed by atoms with Crippen LogP contribution in [0.5, 0.6) is 0 Å². The van der Waals surface area contributed by atoms with Crippen LogP contribution in [0, 0.1) is 0 Å². The molecule has 0 bridgehead atoms. The third-order valence-corrected chi connectivity index (χ3v) is 4.56. The lowest BCUT2D eigenvalue weighted by Gasteiger charge is -2.05. The number of nitrogens with one attached hydrogen (secondary N) is 1. The maximum absolute atomic E-state index is 12.1. The molecule has 0 radical (unpaired) electrons. The van der Waals surface area contributed by atoms with Crippen LogP contribution in [0.1, 0.15) is 17.3 Å². The van der Waals surface area contributed by atoms with Crippen molar-refractivity contribution < 1.29 is 4.79 Å². The zero-order chi connectivity index (χ0) is 17.9. The van der Waals surface area contributed by atoms with Gasteiger partial charge < -0.3 is 4.98 Å². The van der Waals surface area contributed by atoms with Crippen LogP contribution in [0.3, 0.4) is 0 Å². The Morgan fingerprint density at radius 2 is 1.27 bits per heavy atom. The van der Waals surface area contributed by atoms with Crippen molar-refractivity contribution >= 4 is 5.78 Å². The molecule has 2 heteroatoms. The number of hydrogen-bond donors (Lipinski definition) is 1. The fraction of sp³-hybridized carbons (Fsp3) is 0.0417. The van der Waals surface area contributed by atoms with Crippen LogP contribution in [0.25, 0.3) is 33.6 Å². The summed E-state index contributed by atoms with van der Waals surface area (Å²) in [6.07, 6.45) is 0. The molecule has 1 N–H and O–H groups in total. The second kappa shape index (κ2) is 6.85. The predicted molar refractivity (Wildman–Crippen MR) is 107 cm³/mol. The number of aromatic amines is 1. The number of hydrogen-bond acceptors (Lipinski definition) is 1. The molecule has 0 saturated heterocycles. The van der Waals surface area contributed by atoms with Gasteiger partial charge in [0, 0.05) is 22.4 Å². The highest BCUT2D eigenvalue weighted by Crippen LogP contribution is 2.36. The summed E-state index contributed by atoms with van der Waals surface area (Å²) in [7, 11) is 0. The topological polar surface area (TPSA) is 32.9 Å². The minimum atomic E-state index is 0.0673. The molecule has 0 fully saturated rings. The Labute approximate surface area is 153 Å². The van der Waals surface area contributed by atoms with Crippen molar-refractivity contribution in [3.63, 3.8) is 0 Å². The second-order valence-corrected chi connectivity index (χ2v) is 6.31. The Balaban J connectivity index is 1.94. The van der Waals surface area contributed by atoms with Gasteiger partial charge in [0.25, 0.3) is 0 Å². The minimum Gasteiger partial charge on any atom is -0.354 e. The summed E-state index contributed by atoms with van der Waals surface area (Å²) in [6, 6.07) is 30.5. The first-order valence-electron chi connectivity index (χ1n) is 8.68. The molecule has 0 amide bonds. The molecule has 2 nitrogen and oxygen atoms in total. The average molecular weight is 337 g/mol. The molecular formula is C24H19NO. The van der Waals surface area contributed by atoms with Gasteiger partial charge >= 0.3 is 0 Å². The van der Waals surface area contributed by atoms with Crippen molar-refractivity contribution in [1.29, 1.82) is 0 Å². The van der Waals surface area contributed by atoms with Gasteiger partial charge in [-0.3, -0.25) is 4.79 Å². The highest BCUT2D eigenvalue weighted by molar-refractivity contribution is 6.01. The van der Waals surface area contributed by atoms with Gasteiger partial charge in [0.05, 0.1) is 5.69 Å².